The van der Waals surface area contributed by atoms with E-state index in [1.165, 1.54) is 0 Å². The fourth-order valence-corrected chi connectivity index (χ4v) is 3.78. The molecule has 0 atom stereocenters. The van der Waals surface area contributed by atoms with E-state index in [4.69, 9.17) is 0 Å². The molecule has 144 valence electrons. The number of aryl methyl sites for hydroxylation is 1. The van der Waals surface area contributed by atoms with Gasteiger partial charge in [0.1, 0.15) is 0 Å². The second-order valence-corrected chi connectivity index (χ2v) is 7.15. The van der Waals surface area contributed by atoms with Crippen molar-refractivity contribution in [1.82, 2.24) is 19.7 Å². The Balaban J connectivity index is 1.43. The summed E-state index contributed by atoms with van der Waals surface area (Å²) in [6.45, 7) is 7.19. The van der Waals surface area contributed by atoms with E-state index < -0.39 is 0 Å². The van der Waals surface area contributed by atoms with Gasteiger partial charge in [-0.05, 0) is 38.1 Å². The Hall–Kier alpha value is -3.15. The zero-order valence-electron chi connectivity index (χ0n) is 16.4. The van der Waals surface area contributed by atoms with E-state index in [0.717, 1.165) is 54.5 Å². The lowest BCUT2D eigenvalue weighted by Gasteiger charge is -2.36. The summed E-state index contributed by atoms with van der Waals surface area (Å²) in [7, 11) is 0. The average molecular weight is 375 g/mol. The third-order valence-electron chi connectivity index (χ3n) is 5.43. The van der Waals surface area contributed by atoms with Crippen LogP contribution in [0.25, 0.3) is 5.69 Å². The number of benzene rings is 1. The lowest BCUT2D eigenvalue weighted by Crippen LogP contribution is -2.49. The van der Waals surface area contributed by atoms with E-state index in [1.54, 1.807) is 0 Å². The zero-order chi connectivity index (χ0) is 19.5. The van der Waals surface area contributed by atoms with Crippen LogP contribution < -0.4 is 4.90 Å². The van der Waals surface area contributed by atoms with Crippen LogP contribution in [0.1, 0.15) is 17.0 Å². The number of carbonyl (C=O) groups is 1. The van der Waals surface area contributed by atoms with Gasteiger partial charge in [-0.1, -0.05) is 18.2 Å². The number of hydrogen-bond donors (Lipinski definition) is 0. The maximum absolute atomic E-state index is 12.9. The van der Waals surface area contributed by atoms with Crippen molar-refractivity contribution in [2.45, 2.75) is 20.3 Å². The SMILES string of the molecule is Cc1nn(-c2ccccc2)c(C)c1CC(=O)N1CCN(c2ccncc2)CC1. The third kappa shape index (κ3) is 3.63. The second-order valence-electron chi connectivity index (χ2n) is 7.15. The van der Waals surface area contributed by atoms with Crippen molar-refractivity contribution in [3.05, 3.63) is 71.8 Å². The predicted molar refractivity (Wildman–Crippen MR) is 110 cm³/mol. The van der Waals surface area contributed by atoms with E-state index in [-0.39, 0.29) is 5.91 Å². The summed E-state index contributed by atoms with van der Waals surface area (Å²) in [5, 5.41) is 4.66. The van der Waals surface area contributed by atoms with E-state index >= 15 is 0 Å². The Morgan fingerprint density at radius 1 is 0.929 bits per heavy atom. The molecule has 0 saturated carbocycles. The summed E-state index contributed by atoms with van der Waals surface area (Å²) in [6.07, 6.45) is 4.02. The minimum atomic E-state index is 0.174. The fourth-order valence-electron chi connectivity index (χ4n) is 3.78. The molecule has 6 heteroatoms. The molecule has 3 heterocycles. The van der Waals surface area contributed by atoms with Crippen LogP contribution in [-0.2, 0) is 11.2 Å². The van der Waals surface area contributed by atoms with Crippen molar-refractivity contribution >= 4 is 11.6 Å². The molecule has 1 aliphatic rings. The normalized spacial score (nSPS) is 14.4. The lowest BCUT2D eigenvalue weighted by molar-refractivity contribution is -0.130. The molecule has 1 amide bonds. The van der Waals surface area contributed by atoms with Crippen LogP contribution in [0.15, 0.2) is 54.9 Å². The first kappa shape index (κ1) is 18.2. The molecule has 1 aromatic carbocycles. The molecule has 0 unspecified atom stereocenters. The summed E-state index contributed by atoms with van der Waals surface area (Å²) >= 11 is 0. The average Bonchev–Trinajstić information content (AvgIpc) is 3.03. The number of aromatic nitrogens is 3. The standard InChI is InChI=1S/C22H25N5O/c1-17-21(18(2)27(24-17)20-6-4-3-5-7-20)16-22(28)26-14-12-25(13-15-26)19-8-10-23-11-9-19/h3-11H,12-16H2,1-2H3. The Labute approximate surface area is 165 Å². The number of rotatable bonds is 4. The number of hydrogen-bond acceptors (Lipinski definition) is 4. The van der Waals surface area contributed by atoms with Crippen molar-refractivity contribution in [3.63, 3.8) is 0 Å². The molecular formula is C22H25N5O. The molecule has 0 spiro atoms. The molecule has 4 rings (SSSR count). The smallest absolute Gasteiger partial charge is 0.227 e. The topological polar surface area (TPSA) is 54.3 Å². The number of piperazine rings is 1. The maximum Gasteiger partial charge on any atom is 0.227 e. The molecule has 1 aliphatic heterocycles. The molecule has 28 heavy (non-hydrogen) atoms. The molecule has 0 bridgehead atoms. The Bertz CT molecular complexity index is 944. The number of para-hydroxylation sites is 1. The summed E-state index contributed by atoms with van der Waals surface area (Å²) in [5.74, 6) is 0.174. The molecule has 0 N–H and O–H groups in total. The van der Waals surface area contributed by atoms with Gasteiger partial charge in [0.15, 0.2) is 0 Å². The van der Waals surface area contributed by atoms with E-state index in [9.17, 15) is 4.79 Å². The number of carbonyl (C=O) groups excluding carboxylic acids is 1. The summed E-state index contributed by atoms with van der Waals surface area (Å²) in [5.41, 5.74) is 5.17. The number of anilines is 1. The molecule has 0 aliphatic carbocycles. The van der Waals surface area contributed by atoms with Gasteiger partial charge >= 0.3 is 0 Å². The highest BCUT2D eigenvalue weighted by Gasteiger charge is 2.23. The predicted octanol–water partition coefficient (Wildman–Crippen LogP) is 2.78. The quantitative estimate of drug-likeness (QED) is 0.704. The van der Waals surface area contributed by atoms with Crippen LogP contribution in [0.3, 0.4) is 0 Å². The molecule has 1 fully saturated rings. The largest absolute Gasteiger partial charge is 0.368 e. The van der Waals surface area contributed by atoms with Crippen LogP contribution >= 0.6 is 0 Å². The highest BCUT2D eigenvalue weighted by molar-refractivity contribution is 5.79. The van der Waals surface area contributed by atoms with Crippen molar-refractivity contribution in [3.8, 4) is 5.69 Å². The second kappa shape index (κ2) is 7.84. The minimum absolute atomic E-state index is 0.174. The zero-order valence-corrected chi connectivity index (χ0v) is 16.4. The van der Waals surface area contributed by atoms with Gasteiger partial charge in [-0.2, -0.15) is 5.10 Å². The van der Waals surface area contributed by atoms with E-state index in [2.05, 4.69) is 15.0 Å². The van der Waals surface area contributed by atoms with Crippen molar-refractivity contribution in [2.75, 3.05) is 31.1 Å². The van der Waals surface area contributed by atoms with Gasteiger partial charge < -0.3 is 9.80 Å². The number of nitrogens with zero attached hydrogens (tertiary/aromatic N) is 5. The molecule has 6 nitrogen and oxygen atoms in total. The van der Waals surface area contributed by atoms with Gasteiger partial charge in [0.2, 0.25) is 5.91 Å². The minimum Gasteiger partial charge on any atom is -0.368 e. The molecule has 2 aromatic heterocycles. The highest BCUT2D eigenvalue weighted by Crippen LogP contribution is 2.20. The van der Waals surface area contributed by atoms with E-state index in [0.29, 0.717) is 6.42 Å². The van der Waals surface area contributed by atoms with Gasteiger partial charge in [0.25, 0.3) is 0 Å². The van der Waals surface area contributed by atoms with Crippen LogP contribution in [0.5, 0.6) is 0 Å². The van der Waals surface area contributed by atoms with Gasteiger partial charge in [0.05, 0.1) is 17.8 Å². The van der Waals surface area contributed by atoms with E-state index in [1.807, 2.05) is 78.3 Å². The number of amides is 1. The Kier molecular flexibility index (Phi) is 5.10. The lowest BCUT2D eigenvalue weighted by atomic mass is 10.1. The van der Waals surface area contributed by atoms with Crippen LogP contribution in [0.4, 0.5) is 5.69 Å². The van der Waals surface area contributed by atoms with Gasteiger partial charge in [-0.25, -0.2) is 4.68 Å². The molecular weight excluding hydrogens is 350 g/mol. The number of pyridine rings is 1. The van der Waals surface area contributed by atoms with Crippen molar-refractivity contribution in [2.24, 2.45) is 0 Å². The first-order valence-electron chi connectivity index (χ1n) is 9.67. The first-order chi connectivity index (χ1) is 13.6. The summed E-state index contributed by atoms with van der Waals surface area (Å²) in [4.78, 5) is 21.3. The Morgan fingerprint density at radius 3 is 2.29 bits per heavy atom. The first-order valence-corrected chi connectivity index (χ1v) is 9.67. The molecule has 0 radical (unpaired) electrons. The highest BCUT2D eigenvalue weighted by atomic mass is 16.2. The van der Waals surface area contributed by atoms with Crippen molar-refractivity contribution in [1.29, 1.82) is 0 Å². The third-order valence-corrected chi connectivity index (χ3v) is 5.43. The maximum atomic E-state index is 12.9. The van der Waals surface area contributed by atoms with Gasteiger partial charge in [-0.15, -0.1) is 0 Å². The van der Waals surface area contributed by atoms with Gasteiger partial charge in [0, 0.05) is 55.5 Å². The Morgan fingerprint density at radius 2 is 1.61 bits per heavy atom. The van der Waals surface area contributed by atoms with Gasteiger partial charge in [-0.3, -0.25) is 9.78 Å². The van der Waals surface area contributed by atoms with Crippen LogP contribution in [-0.4, -0.2) is 51.8 Å². The summed E-state index contributed by atoms with van der Waals surface area (Å²) < 4.78 is 1.93. The monoisotopic (exact) mass is 375 g/mol. The van der Waals surface area contributed by atoms with Crippen LogP contribution in [0.2, 0.25) is 0 Å². The van der Waals surface area contributed by atoms with Crippen molar-refractivity contribution < 1.29 is 4.79 Å². The molecule has 3 aromatic rings. The summed E-state index contributed by atoms with van der Waals surface area (Å²) in [6, 6.07) is 14.1. The van der Waals surface area contributed by atoms with Crippen LogP contribution in [0, 0.1) is 13.8 Å². The molecule has 1 saturated heterocycles. The fraction of sp³-hybridized carbons (Fsp3) is 0.318.